The van der Waals surface area contributed by atoms with Crippen LogP contribution in [0.15, 0.2) is 42.5 Å². The fraction of sp³-hybridized carbons (Fsp3) is 0.222. The Morgan fingerprint density at radius 3 is 2.65 bits per heavy atom. The van der Waals surface area contributed by atoms with Crippen molar-refractivity contribution >= 4 is 40.2 Å². The molecule has 1 heterocycles. The predicted molar refractivity (Wildman–Crippen MR) is 96.7 cm³/mol. The van der Waals surface area contributed by atoms with Crippen molar-refractivity contribution in [1.29, 1.82) is 0 Å². The lowest BCUT2D eigenvalue weighted by molar-refractivity contribution is -0.141. The zero-order chi connectivity index (χ0) is 16.6. The number of methoxy groups -OCH3 is 1. The van der Waals surface area contributed by atoms with Crippen LogP contribution in [0.2, 0.25) is 0 Å². The molecule has 2 aromatic carbocycles. The second-order valence-electron chi connectivity index (χ2n) is 5.48. The molecule has 0 N–H and O–H groups in total. The Bertz CT molecular complexity index is 788. The first-order valence-electron chi connectivity index (χ1n) is 7.29. The smallest absolute Gasteiger partial charge is 0.329 e. The molecule has 1 amide bonds. The van der Waals surface area contributed by atoms with Crippen LogP contribution in [0.1, 0.15) is 21.5 Å². The molecule has 4 nitrogen and oxygen atoms in total. The molecule has 0 spiro atoms. The van der Waals surface area contributed by atoms with Gasteiger partial charge in [-0.15, -0.1) is 0 Å². The molecule has 1 aliphatic heterocycles. The summed E-state index contributed by atoms with van der Waals surface area (Å²) in [5, 5.41) is 0. The summed E-state index contributed by atoms with van der Waals surface area (Å²) >= 11 is 2.18. The van der Waals surface area contributed by atoms with E-state index in [2.05, 4.69) is 22.6 Å². The number of para-hydroxylation sites is 1. The van der Waals surface area contributed by atoms with Gasteiger partial charge in [0.25, 0.3) is 5.91 Å². The van der Waals surface area contributed by atoms with Crippen molar-refractivity contribution in [1.82, 2.24) is 0 Å². The lowest BCUT2D eigenvalue weighted by Crippen LogP contribution is -2.43. The molecule has 5 heteroatoms. The molecule has 1 unspecified atom stereocenters. The Morgan fingerprint density at radius 1 is 1.17 bits per heavy atom. The minimum absolute atomic E-state index is 0.168. The molecular formula is C18H16INO3. The summed E-state index contributed by atoms with van der Waals surface area (Å²) in [7, 11) is 1.35. The number of ether oxygens (including phenoxy) is 1. The summed E-state index contributed by atoms with van der Waals surface area (Å²) in [5.74, 6) is -0.560. The van der Waals surface area contributed by atoms with E-state index in [0.29, 0.717) is 12.0 Å². The largest absolute Gasteiger partial charge is 0.467 e. The Balaban J connectivity index is 2.08. The number of esters is 1. The SMILES string of the molecule is COC(=O)C1Cc2ccccc2N1C(=O)c1cccc(C)c1I. The van der Waals surface area contributed by atoms with Crippen LogP contribution in [0.4, 0.5) is 5.69 Å². The van der Waals surface area contributed by atoms with Gasteiger partial charge in [-0.05, 0) is 52.8 Å². The van der Waals surface area contributed by atoms with Crippen LogP contribution in [-0.2, 0) is 16.0 Å². The molecule has 118 valence electrons. The van der Waals surface area contributed by atoms with Crippen molar-refractivity contribution < 1.29 is 14.3 Å². The van der Waals surface area contributed by atoms with Crippen molar-refractivity contribution in [3.63, 3.8) is 0 Å². The number of benzene rings is 2. The number of halogens is 1. The monoisotopic (exact) mass is 421 g/mol. The highest BCUT2D eigenvalue weighted by atomic mass is 127. The Kier molecular flexibility index (Phi) is 4.39. The average Bonchev–Trinajstić information content (AvgIpc) is 2.95. The van der Waals surface area contributed by atoms with Gasteiger partial charge in [0.15, 0.2) is 0 Å². The maximum Gasteiger partial charge on any atom is 0.329 e. The molecule has 0 radical (unpaired) electrons. The normalized spacial score (nSPS) is 16.1. The number of carbonyl (C=O) groups is 2. The highest BCUT2D eigenvalue weighted by molar-refractivity contribution is 14.1. The van der Waals surface area contributed by atoms with Gasteiger partial charge in [0.05, 0.1) is 12.7 Å². The van der Waals surface area contributed by atoms with E-state index in [9.17, 15) is 9.59 Å². The fourth-order valence-electron chi connectivity index (χ4n) is 2.90. The van der Waals surface area contributed by atoms with E-state index in [1.165, 1.54) is 7.11 Å². The molecule has 23 heavy (non-hydrogen) atoms. The predicted octanol–water partition coefficient (Wildman–Crippen LogP) is 3.34. The summed E-state index contributed by atoms with van der Waals surface area (Å²) in [6.45, 7) is 1.97. The second-order valence-corrected chi connectivity index (χ2v) is 6.56. The summed E-state index contributed by atoms with van der Waals surface area (Å²) in [4.78, 5) is 26.9. The van der Waals surface area contributed by atoms with Crippen molar-refractivity contribution in [2.45, 2.75) is 19.4 Å². The van der Waals surface area contributed by atoms with Gasteiger partial charge in [-0.25, -0.2) is 4.79 Å². The van der Waals surface area contributed by atoms with E-state index in [1.807, 2.05) is 43.3 Å². The van der Waals surface area contributed by atoms with E-state index in [0.717, 1.165) is 20.4 Å². The topological polar surface area (TPSA) is 46.6 Å². The van der Waals surface area contributed by atoms with Gasteiger partial charge in [0.1, 0.15) is 6.04 Å². The van der Waals surface area contributed by atoms with Gasteiger partial charge in [-0.2, -0.15) is 0 Å². The quantitative estimate of drug-likeness (QED) is 0.552. The number of anilines is 1. The maximum absolute atomic E-state index is 13.1. The summed E-state index contributed by atoms with van der Waals surface area (Å²) in [6.07, 6.45) is 0.483. The van der Waals surface area contributed by atoms with E-state index >= 15 is 0 Å². The molecule has 0 saturated carbocycles. The minimum Gasteiger partial charge on any atom is -0.467 e. The zero-order valence-corrected chi connectivity index (χ0v) is 15.0. The lowest BCUT2D eigenvalue weighted by Gasteiger charge is -2.24. The van der Waals surface area contributed by atoms with Crippen molar-refractivity contribution in [3.8, 4) is 0 Å². The standard InChI is InChI=1S/C18H16INO3/c1-11-6-5-8-13(16(11)19)17(21)20-14-9-4-3-7-12(14)10-15(20)18(22)23-2/h3-9,15H,10H2,1-2H3. The second kappa shape index (κ2) is 6.31. The van der Waals surface area contributed by atoms with Gasteiger partial charge in [-0.1, -0.05) is 30.3 Å². The number of aryl methyl sites for hydroxylation is 1. The number of amides is 1. The van der Waals surface area contributed by atoms with Gasteiger partial charge in [-0.3, -0.25) is 9.69 Å². The first-order valence-corrected chi connectivity index (χ1v) is 8.37. The summed E-state index contributed by atoms with van der Waals surface area (Å²) in [6, 6.07) is 12.6. The number of hydrogen-bond acceptors (Lipinski definition) is 3. The molecule has 0 aromatic heterocycles. The molecule has 1 atom stereocenters. The number of carbonyl (C=O) groups excluding carboxylic acids is 2. The molecule has 0 aliphatic carbocycles. The highest BCUT2D eigenvalue weighted by Crippen LogP contribution is 2.34. The Morgan fingerprint density at radius 2 is 1.91 bits per heavy atom. The van der Waals surface area contributed by atoms with Crippen molar-refractivity contribution in [3.05, 3.63) is 62.7 Å². The Hall–Kier alpha value is -1.89. The third-order valence-electron chi connectivity index (χ3n) is 4.09. The van der Waals surface area contributed by atoms with Crippen LogP contribution in [0.5, 0.6) is 0 Å². The van der Waals surface area contributed by atoms with E-state index in [1.54, 1.807) is 11.0 Å². The summed E-state index contributed by atoms with van der Waals surface area (Å²) < 4.78 is 5.81. The van der Waals surface area contributed by atoms with Gasteiger partial charge in [0, 0.05) is 15.7 Å². The minimum atomic E-state index is -0.610. The van der Waals surface area contributed by atoms with E-state index < -0.39 is 12.0 Å². The molecule has 2 aromatic rings. The summed E-state index contributed by atoms with van der Waals surface area (Å²) in [5.41, 5.74) is 3.42. The van der Waals surface area contributed by atoms with Crippen LogP contribution < -0.4 is 4.90 Å². The molecule has 0 bridgehead atoms. The molecular weight excluding hydrogens is 405 g/mol. The van der Waals surface area contributed by atoms with Crippen LogP contribution >= 0.6 is 22.6 Å². The fourth-order valence-corrected chi connectivity index (χ4v) is 3.49. The third-order valence-corrected chi connectivity index (χ3v) is 5.52. The molecule has 1 aliphatic rings. The van der Waals surface area contributed by atoms with Crippen molar-refractivity contribution in [2.24, 2.45) is 0 Å². The maximum atomic E-state index is 13.1. The molecule has 0 fully saturated rings. The first kappa shape index (κ1) is 16.0. The molecule has 0 saturated heterocycles. The Labute approximate surface area is 148 Å². The van der Waals surface area contributed by atoms with Crippen LogP contribution in [0.25, 0.3) is 0 Å². The van der Waals surface area contributed by atoms with Crippen LogP contribution in [-0.4, -0.2) is 25.0 Å². The van der Waals surface area contributed by atoms with Gasteiger partial charge < -0.3 is 4.74 Å². The zero-order valence-electron chi connectivity index (χ0n) is 12.9. The number of rotatable bonds is 2. The van der Waals surface area contributed by atoms with E-state index in [4.69, 9.17) is 4.74 Å². The van der Waals surface area contributed by atoms with Crippen LogP contribution in [0, 0.1) is 10.5 Å². The average molecular weight is 421 g/mol. The van der Waals surface area contributed by atoms with Crippen LogP contribution in [0.3, 0.4) is 0 Å². The molecule has 3 rings (SSSR count). The van der Waals surface area contributed by atoms with Crippen molar-refractivity contribution in [2.75, 3.05) is 12.0 Å². The highest BCUT2D eigenvalue weighted by Gasteiger charge is 2.39. The third kappa shape index (κ3) is 2.73. The van der Waals surface area contributed by atoms with E-state index in [-0.39, 0.29) is 5.91 Å². The van der Waals surface area contributed by atoms with Gasteiger partial charge in [0.2, 0.25) is 0 Å². The lowest BCUT2D eigenvalue weighted by atomic mass is 10.1. The van der Waals surface area contributed by atoms with Gasteiger partial charge >= 0.3 is 5.97 Å². The number of nitrogens with zero attached hydrogens (tertiary/aromatic N) is 1. The number of hydrogen-bond donors (Lipinski definition) is 0. The number of fused-ring (bicyclic) bond motifs is 1. The first-order chi connectivity index (χ1) is 11.0.